The van der Waals surface area contributed by atoms with Crippen LogP contribution in [0.15, 0.2) is 23.2 Å². The van der Waals surface area contributed by atoms with Crippen LogP contribution in [-0.4, -0.2) is 23.8 Å². The molecule has 0 aromatic carbocycles. The van der Waals surface area contributed by atoms with Crippen LogP contribution in [0.1, 0.15) is 73.1 Å². The third-order valence-electron chi connectivity index (χ3n) is 8.69. The zero-order valence-electron chi connectivity index (χ0n) is 17.6. The Bertz CT molecular complexity index is 729. The van der Waals surface area contributed by atoms with Crippen LogP contribution in [0.4, 0.5) is 0 Å². The summed E-state index contributed by atoms with van der Waals surface area (Å²) in [7, 11) is 1.39. The molecule has 0 spiro atoms. The number of hydrogen-bond acceptors (Lipinski definition) is 4. The summed E-state index contributed by atoms with van der Waals surface area (Å²) in [4.78, 5) is 25.0. The Hall–Kier alpha value is -1.58. The van der Waals surface area contributed by atoms with Crippen LogP contribution in [0.3, 0.4) is 0 Å². The van der Waals surface area contributed by atoms with Gasteiger partial charge in [-0.15, -0.1) is 0 Å². The molecule has 4 nitrogen and oxygen atoms in total. The lowest BCUT2D eigenvalue weighted by Crippen LogP contribution is -2.56. The molecular formula is C23H34O4. The average Bonchev–Trinajstić information content (AvgIpc) is 2.60. The summed E-state index contributed by atoms with van der Waals surface area (Å²) in [5.74, 6) is -0.351. The molecule has 2 fully saturated rings. The Morgan fingerprint density at radius 3 is 2.44 bits per heavy atom. The summed E-state index contributed by atoms with van der Waals surface area (Å²) < 4.78 is 5.11. The van der Waals surface area contributed by atoms with Crippen molar-refractivity contribution in [2.45, 2.75) is 73.1 Å². The van der Waals surface area contributed by atoms with Gasteiger partial charge in [-0.05, 0) is 60.2 Å². The number of ether oxygens (including phenoxy) is 1. The molecular weight excluding hydrogens is 340 g/mol. The molecule has 0 amide bonds. The molecule has 3 aliphatic carbocycles. The minimum atomic E-state index is -0.528. The maximum atomic E-state index is 12.8. The summed E-state index contributed by atoms with van der Waals surface area (Å²) >= 11 is 0. The van der Waals surface area contributed by atoms with E-state index < -0.39 is 11.5 Å². The second-order valence-electron chi connectivity index (χ2n) is 10.1. The van der Waals surface area contributed by atoms with E-state index in [-0.39, 0.29) is 33.4 Å². The monoisotopic (exact) mass is 374 g/mol. The molecule has 4 heteroatoms. The van der Waals surface area contributed by atoms with Gasteiger partial charge in [-0.2, -0.15) is 0 Å². The topological polar surface area (TPSA) is 63.6 Å². The van der Waals surface area contributed by atoms with Crippen molar-refractivity contribution in [3.63, 3.8) is 0 Å². The number of ketones is 2. The minimum absolute atomic E-state index is 0.0339. The number of allylic oxidation sites excluding steroid dienone is 2. The highest BCUT2D eigenvalue weighted by atomic mass is 16.5. The Kier molecular flexibility index (Phi) is 4.85. The number of methoxy groups -OCH3 is 1. The first-order valence-corrected chi connectivity index (χ1v) is 10.2. The SMILES string of the molecule is COC1=CC(=O)C(O)=C(C[C@]2(C)[C@H](C)CC[C@]3(C)[C@H]2CCCC3(C)C)C1=O. The molecule has 0 unspecified atom stereocenters. The molecule has 2 saturated carbocycles. The molecule has 0 radical (unpaired) electrons. The van der Waals surface area contributed by atoms with Crippen molar-refractivity contribution in [2.24, 2.45) is 28.1 Å². The maximum Gasteiger partial charge on any atom is 0.227 e. The van der Waals surface area contributed by atoms with Crippen molar-refractivity contribution in [1.29, 1.82) is 0 Å². The van der Waals surface area contributed by atoms with E-state index >= 15 is 0 Å². The first-order valence-electron chi connectivity index (χ1n) is 10.2. The predicted molar refractivity (Wildman–Crippen MR) is 105 cm³/mol. The molecule has 0 heterocycles. The van der Waals surface area contributed by atoms with Gasteiger partial charge in [-0.25, -0.2) is 0 Å². The minimum Gasteiger partial charge on any atom is -0.504 e. The first kappa shape index (κ1) is 20.2. The number of carbonyl (C=O) groups is 2. The fraction of sp³-hybridized carbons (Fsp3) is 0.739. The largest absolute Gasteiger partial charge is 0.504 e. The van der Waals surface area contributed by atoms with Gasteiger partial charge in [0.1, 0.15) is 0 Å². The summed E-state index contributed by atoms with van der Waals surface area (Å²) in [6.45, 7) is 11.7. The normalized spacial score (nSPS) is 39.1. The van der Waals surface area contributed by atoms with Crippen LogP contribution in [0.5, 0.6) is 0 Å². The van der Waals surface area contributed by atoms with Crippen molar-refractivity contribution in [2.75, 3.05) is 7.11 Å². The lowest BCUT2D eigenvalue weighted by molar-refractivity contribution is -0.143. The Labute approximate surface area is 163 Å². The summed E-state index contributed by atoms with van der Waals surface area (Å²) in [6.07, 6.45) is 7.40. The first-order chi connectivity index (χ1) is 12.5. The van der Waals surface area contributed by atoms with Crippen LogP contribution in [0.25, 0.3) is 0 Å². The number of Topliss-reactive ketones (excluding diaryl/α,β-unsaturated/α-hetero) is 1. The highest BCUT2D eigenvalue weighted by Crippen LogP contribution is 2.67. The molecule has 0 aromatic heterocycles. The Morgan fingerprint density at radius 2 is 1.81 bits per heavy atom. The van der Waals surface area contributed by atoms with Crippen LogP contribution in [0.2, 0.25) is 0 Å². The van der Waals surface area contributed by atoms with Gasteiger partial charge in [-0.3, -0.25) is 9.59 Å². The summed E-state index contributed by atoms with van der Waals surface area (Å²) in [5, 5.41) is 10.4. The molecule has 0 bridgehead atoms. The molecule has 1 N–H and O–H groups in total. The van der Waals surface area contributed by atoms with Gasteiger partial charge in [0.15, 0.2) is 11.5 Å². The van der Waals surface area contributed by atoms with E-state index in [0.717, 1.165) is 18.9 Å². The quantitative estimate of drug-likeness (QED) is 0.695. The lowest BCUT2D eigenvalue weighted by atomic mass is 9.41. The zero-order valence-corrected chi connectivity index (χ0v) is 17.6. The van der Waals surface area contributed by atoms with E-state index in [0.29, 0.717) is 18.3 Å². The van der Waals surface area contributed by atoms with Crippen LogP contribution in [-0.2, 0) is 14.3 Å². The van der Waals surface area contributed by atoms with Gasteiger partial charge >= 0.3 is 0 Å². The number of rotatable bonds is 3. The van der Waals surface area contributed by atoms with Gasteiger partial charge in [0, 0.05) is 11.6 Å². The Balaban J connectivity index is 2.02. The van der Waals surface area contributed by atoms with Gasteiger partial charge in [-0.1, -0.05) is 41.0 Å². The molecule has 0 aliphatic heterocycles. The molecule has 4 atom stereocenters. The predicted octanol–water partition coefficient (Wildman–Crippen LogP) is 5.14. The molecule has 150 valence electrons. The van der Waals surface area contributed by atoms with E-state index in [1.54, 1.807) is 0 Å². The van der Waals surface area contributed by atoms with Crippen molar-refractivity contribution in [3.8, 4) is 0 Å². The smallest absolute Gasteiger partial charge is 0.227 e. The van der Waals surface area contributed by atoms with Crippen molar-refractivity contribution in [3.05, 3.63) is 23.2 Å². The number of fused-ring (bicyclic) bond motifs is 1. The number of carbonyl (C=O) groups excluding carboxylic acids is 2. The van der Waals surface area contributed by atoms with Crippen molar-refractivity contribution >= 4 is 11.6 Å². The summed E-state index contributed by atoms with van der Waals surface area (Å²) in [6, 6.07) is 0. The van der Waals surface area contributed by atoms with E-state index in [4.69, 9.17) is 4.74 Å². The highest BCUT2D eigenvalue weighted by Gasteiger charge is 2.59. The zero-order chi connectivity index (χ0) is 20.2. The standard InChI is InChI=1S/C23H34O4/c1-14-9-11-23(5)18(8-7-10-21(23,2)3)22(14,4)13-15-19(25)16(24)12-17(27-6)20(15)26/h12,14,18,25H,7-11,13H2,1-6H3/t14-,18+,22-,23-/m1/s1. The number of aliphatic hydroxyl groups excluding tert-OH is 1. The maximum absolute atomic E-state index is 12.8. The van der Waals surface area contributed by atoms with Gasteiger partial charge in [0.2, 0.25) is 11.6 Å². The molecule has 27 heavy (non-hydrogen) atoms. The van der Waals surface area contributed by atoms with Gasteiger partial charge < -0.3 is 9.84 Å². The van der Waals surface area contributed by atoms with Crippen molar-refractivity contribution < 1.29 is 19.4 Å². The Morgan fingerprint density at radius 1 is 1.15 bits per heavy atom. The van der Waals surface area contributed by atoms with E-state index in [2.05, 4.69) is 34.6 Å². The van der Waals surface area contributed by atoms with E-state index in [9.17, 15) is 14.7 Å². The second-order valence-corrected chi connectivity index (χ2v) is 10.1. The highest BCUT2D eigenvalue weighted by molar-refractivity contribution is 6.20. The third-order valence-corrected chi connectivity index (χ3v) is 8.69. The van der Waals surface area contributed by atoms with Crippen LogP contribution >= 0.6 is 0 Å². The fourth-order valence-electron chi connectivity index (χ4n) is 6.24. The third kappa shape index (κ3) is 2.87. The molecule has 3 rings (SSSR count). The van der Waals surface area contributed by atoms with Gasteiger partial charge in [0.05, 0.1) is 7.11 Å². The number of hydrogen-bond donors (Lipinski definition) is 1. The molecule has 3 aliphatic rings. The fourth-order valence-corrected chi connectivity index (χ4v) is 6.24. The molecule has 0 aromatic rings. The van der Waals surface area contributed by atoms with Crippen LogP contribution < -0.4 is 0 Å². The second kappa shape index (κ2) is 6.49. The van der Waals surface area contributed by atoms with Crippen LogP contribution in [0, 0.1) is 28.1 Å². The number of aliphatic hydroxyl groups is 1. The van der Waals surface area contributed by atoms with Crippen molar-refractivity contribution in [1.82, 2.24) is 0 Å². The van der Waals surface area contributed by atoms with E-state index in [1.165, 1.54) is 26.4 Å². The van der Waals surface area contributed by atoms with Gasteiger partial charge in [0.25, 0.3) is 0 Å². The molecule has 0 saturated heterocycles. The summed E-state index contributed by atoms with van der Waals surface area (Å²) in [5.41, 5.74) is 0.545. The van der Waals surface area contributed by atoms with E-state index in [1.807, 2.05) is 0 Å². The lowest BCUT2D eigenvalue weighted by Gasteiger charge is -2.64. The average molecular weight is 375 g/mol.